The lowest BCUT2D eigenvalue weighted by atomic mass is 9.52. The van der Waals surface area contributed by atoms with Crippen molar-refractivity contribution in [3.05, 3.63) is 40.9 Å². The maximum Gasteiger partial charge on any atom is 0.159 e. The third-order valence-corrected chi connectivity index (χ3v) is 4.71. The van der Waals surface area contributed by atoms with Gasteiger partial charge in [0.1, 0.15) is 0 Å². The fraction of sp³-hybridized carbons (Fsp3) is 0.412. The van der Waals surface area contributed by atoms with Crippen LogP contribution < -0.4 is 0 Å². The molecule has 1 aromatic rings. The Bertz CT molecular complexity index is 566. The van der Waals surface area contributed by atoms with E-state index in [-0.39, 0.29) is 17.1 Å². The molecule has 2 atom stereocenters. The summed E-state index contributed by atoms with van der Waals surface area (Å²) in [5.74, 6) is 0.522. The molecule has 2 rings (SSSR count). The molecule has 0 bridgehead atoms. The molecule has 0 unspecified atom stereocenters. The molecule has 0 spiro atoms. The summed E-state index contributed by atoms with van der Waals surface area (Å²) in [6, 6.07) is 9.59. The minimum absolute atomic E-state index is 0.0319. The third kappa shape index (κ3) is 2.94. The maximum atomic E-state index is 12.2. The van der Waals surface area contributed by atoms with Crippen molar-refractivity contribution in [2.24, 2.45) is 17.3 Å². The molecule has 1 saturated carbocycles. The minimum Gasteiger partial charge on any atom is -0.295 e. The lowest BCUT2D eigenvalue weighted by Gasteiger charge is -2.50. The van der Waals surface area contributed by atoms with E-state index in [0.717, 1.165) is 12.0 Å². The van der Waals surface area contributed by atoms with Gasteiger partial charge in [0.05, 0.1) is 6.07 Å². The zero-order valence-electron chi connectivity index (χ0n) is 11.8. The second kappa shape index (κ2) is 5.81. The molecule has 0 heterocycles. The van der Waals surface area contributed by atoms with E-state index in [1.165, 1.54) is 0 Å². The Morgan fingerprint density at radius 2 is 2.10 bits per heavy atom. The summed E-state index contributed by atoms with van der Waals surface area (Å²) in [7, 11) is 0. The molecular weight excluding hydrogens is 270 g/mol. The van der Waals surface area contributed by atoms with Crippen molar-refractivity contribution in [2.45, 2.75) is 26.7 Å². The van der Waals surface area contributed by atoms with Crippen LogP contribution in [-0.2, 0) is 4.79 Å². The van der Waals surface area contributed by atoms with Gasteiger partial charge in [-0.2, -0.15) is 5.26 Å². The van der Waals surface area contributed by atoms with Gasteiger partial charge in [0.2, 0.25) is 0 Å². The highest BCUT2D eigenvalue weighted by Gasteiger charge is 2.50. The number of hydrogen-bond donors (Lipinski definition) is 0. The smallest absolute Gasteiger partial charge is 0.159 e. The second-order valence-corrected chi connectivity index (χ2v) is 6.39. The van der Waals surface area contributed by atoms with Crippen molar-refractivity contribution < 1.29 is 4.79 Å². The molecule has 0 aromatic heterocycles. The molecule has 1 aliphatic rings. The summed E-state index contributed by atoms with van der Waals surface area (Å²) in [5, 5.41) is 9.46. The predicted molar refractivity (Wildman–Crippen MR) is 81.1 cm³/mol. The van der Waals surface area contributed by atoms with E-state index in [4.69, 9.17) is 16.9 Å². The quantitative estimate of drug-likeness (QED) is 0.765. The summed E-state index contributed by atoms with van der Waals surface area (Å²) in [6.45, 7) is 4.16. The first-order chi connectivity index (χ1) is 9.45. The van der Waals surface area contributed by atoms with Gasteiger partial charge in [0, 0.05) is 17.4 Å². The number of carbonyl (C=O) groups is 1. The van der Waals surface area contributed by atoms with Crippen LogP contribution in [0.3, 0.4) is 0 Å². The molecule has 1 aromatic carbocycles. The van der Waals surface area contributed by atoms with E-state index >= 15 is 0 Å². The lowest BCUT2D eigenvalue weighted by molar-refractivity contribution is -0.132. The molecule has 2 nitrogen and oxygen atoms in total. The van der Waals surface area contributed by atoms with Crippen LogP contribution in [0, 0.1) is 28.6 Å². The van der Waals surface area contributed by atoms with Crippen LogP contribution in [0.4, 0.5) is 0 Å². The Labute approximate surface area is 125 Å². The van der Waals surface area contributed by atoms with Gasteiger partial charge in [-0.05, 0) is 41.5 Å². The van der Waals surface area contributed by atoms with Gasteiger partial charge in [0.15, 0.2) is 5.78 Å². The largest absolute Gasteiger partial charge is 0.295 e. The molecule has 1 fully saturated rings. The number of hydrogen-bond acceptors (Lipinski definition) is 2. The normalized spacial score (nSPS) is 24.1. The summed E-state index contributed by atoms with van der Waals surface area (Å²) in [4.78, 5) is 12.2. The van der Waals surface area contributed by atoms with Crippen molar-refractivity contribution in [2.75, 3.05) is 0 Å². The van der Waals surface area contributed by atoms with E-state index in [9.17, 15) is 4.79 Å². The van der Waals surface area contributed by atoms with Crippen LogP contribution in [-0.4, -0.2) is 5.78 Å². The molecule has 20 heavy (non-hydrogen) atoms. The van der Waals surface area contributed by atoms with Crippen molar-refractivity contribution in [1.82, 2.24) is 0 Å². The van der Waals surface area contributed by atoms with Gasteiger partial charge < -0.3 is 0 Å². The number of ketones is 1. The summed E-state index contributed by atoms with van der Waals surface area (Å²) < 4.78 is 0. The van der Waals surface area contributed by atoms with Gasteiger partial charge in [-0.1, -0.05) is 43.7 Å². The predicted octanol–water partition coefficient (Wildman–Crippen LogP) is 4.50. The molecular formula is C17H18ClNO. The number of rotatable bonds is 4. The molecule has 104 valence electrons. The van der Waals surface area contributed by atoms with E-state index in [0.29, 0.717) is 17.4 Å². The monoisotopic (exact) mass is 287 g/mol. The van der Waals surface area contributed by atoms with E-state index in [1.54, 1.807) is 6.08 Å². The maximum absolute atomic E-state index is 12.2. The average Bonchev–Trinajstić information content (AvgIpc) is 2.42. The number of nitriles is 1. The van der Waals surface area contributed by atoms with Gasteiger partial charge in [-0.15, -0.1) is 0 Å². The molecule has 1 aliphatic carbocycles. The Morgan fingerprint density at radius 3 is 2.65 bits per heavy atom. The number of benzene rings is 1. The van der Waals surface area contributed by atoms with E-state index in [2.05, 4.69) is 19.9 Å². The summed E-state index contributed by atoms with van der Waals surface area (Å²) in [6.07, 6.45) is 4.84. The standard InChI is InChI=1S/C17H18ClNO/c1-17(2)13(9-10-19)11-15(17)16(20)8-5-12-3-6-14(18)7-4-12/h3-8,13,15H,9,11H2,1-2H3/b8-5+/t13-,15-/m1/s1. The fourth-order valence-electron chi connectivity index (χ4n) is 2.82. The van der Waals surface area contributed by atoms with Gasteiger partial charge in [-0.25, -0.2) is 0 Å². The van der Waals surface area contributed by atoms with Crippen LogP contribution in [0.5, 0.6) is 0 Å². The zero-order valence-corrected chi connectivity index (χ0v) is 12.5. The van der Waals surface area contributed by atoms with Crippen molar-refractivity contribution in [3.63, 3.8) is 0 Å². The molecule has 0 N–H and O–H groups in total. The molecule has 3 heteroatoms. The second-order valence-electron chi connectivity index (χ2n) is 5.96. The lowest BCUT2D eigenvalue weighted by Crippen LogP contribution is -2.48. The highest BCUT2D eigenvalue weighted by Crippen LogP contribution is 2.53. The number of carbonyl (C=O) groups excluding carboxylic acids is 1. The summed E-state index contributed by atoms with van der Waals surface area (Å²) >= 11 is 5.82. The fourth-order valence-corrected chi connectivity index (χ4v) is 2.95. The van der Waals surface area contributed by atoms with Crippen LogP contribution in [0.25, 0.3) is 6.08 Å². The topological polar surface area (TPSA) is 40.9 Å². The highest BCUT2D eigenvalue weighted by molar-refractivity contribution is 6.30. The number of halogens is 1. The Hall–Kier alpha value is -1.59. The molecule has 0 saturated heterocycles. The Kier molecular flexibility index (Phi) is 4.30. The first kappa shape index (κ1) is 14.8. The van der Waals surface area contributed by atoms with E-state index in [1.807, 2.05) is 30.3 Å². The number of allylic oxidation sites excluding steroid dienone is 1. The first-order valence-corrected chi connectivity index (χ1v) is 7.17. The molecule has 0 radical (unpaired) electrons. The molecule has 0 aliphatic heterocycles. The van der Waals surface area contributed by atoms with Crippen LogP contribution in [0.1, 0.15) is 32.3 Å². The zero-order chi connectivity index (χ0) is 14.8. The SMILES string of the molecule is CC1(C)[C@H](CC#N)C[C@@H]1C(=O)/C=C/c1ccc(Cl)cc1. The Balaban J connectivity index is 2.00. The molecule has 0 amide bonds. The van der Waals surface area contributed by atoms with Crippen molar-refractivity contribution in [3.8, 4) is 6.07 Å². The van der Waals surface area contributed by atoms with Crippen LogP contribution in [0.2, 0.25) is 5.02 Å². The Morgan fingerprint density at radius 1 is 1.45 bits per heavy atom. The third-order valence-electron chi connectivity index (χ3n) is 4.46. The van der Waals surface area contributed by atoms with Gasteiger partial charge in [-0.3, -0.25) is 4.79 Å². The van der Waals surface area contributed by atoms with Crippen LogP contribution >= 0.6 is 11.6 Å². The van der Waals surface area contributed by atoms with Gasteiger partial charge in [0.25, 0.3) is 0 Å². The van der Waals surface area contributed by atoms with Gasteiger partial charge >= 0.3 is 0 Å². The first-order valence-electron chi connectivity index (χ1n) is 6.79. The summed E-state index contributed by atoms with van der Waals surface area (Å²) in [5.41, 5.74) is 0.894. The van der Waals surface area contributed by atoms with Crippen molar-refractivity contribution in [1.29, 1.82) is 5.26 Å². The number of nitrogens with zero attached hydrogens (tertiary/aromatic N) is 1. The van der Waals surface area contributed by atoms with E-state index < -0.39 is 0 Å². The highest BCUT2D eigenvalue weighted by atomic mass is 35.5. The minimum atomic E-state index is -0.0723. The average molecular weight is 288 g/mol. The van der Waals surface area contributed by atoms with Crippen LogP contribution in [0.15, 0.2) is 30.3 Å². The van der Waals surface area contributed by atoms with Crippen molar-refractivity contribution >= 4 is 23.5 Å².